The molecule has 6 heteroatoms. The van der Waals surface area contributed by atoms with E-state index in [1.165, 1.54) is 0 Å². The maximum absolute atomic E-state index is 12.7. The molecule has 0 aliphatic rings. The molecule has 1 amide bonds. The highest BCUT2D eigenvalue weighted by atomic mass is 35.5. The van der Waals surface area contributed by atoms with Crippen LogP contribution in [0.2, 0.25) is 0 Å². The Kier molecular flexibility index (Phi) is 4.28. The maximum atomic E-state index is 12.7. The lowest BCUT2D eigenvalue weighted by Gasteiger charge is -2.29. The molecule has 0 aliphatic heterocycles. The maximum Gasteiger partial charge on any atom is 0.263 e. The molecule has 3 rings (SSSR count). The highest BCUT2D eigenvalue weighted by molar-refractivity contribution is 6.57. The lowest BCUT2D eigenvalue weighted by atomic mass is 9.94. The van der Waals surface area contributed by atoms with Gasteiger partial charge in [-0.25, -0.2) is 0 Å². The fraction of sp³-hybridized carbons (Fsp3) is 0.222. The van der Waals surface area contributed by atoms with E-state index in [1.807, 2.05) is 44.2 Å². The Morgan fingerprint density at radius 2 is 1.67 bits per heavy atom. The first kappa shape index (κ1) is 16.8. The molecule has 1 N–H and O–H groups in total. The summed E-state index contributed by atoms with van der Waals surface area (Å²) in [6.07, 6.45) is 0. The van der Waals surface area contributed by atoms with E-state index in [-0.39, 0.29) is 5.69 Å². The third-order valence-corrected chi connectivity index (χ3v) is 4.58. The predicted molar refractivity (Wildman–Crippen MR) is 95.0 cm³/mol. The fourth-order valence-corrected chi connectivity index (χ4v) is 2.88. The minimum atomic E-state index is -1.86. The van der Waals surface area contributed by atoms with E-state index in [9.17, 15) is 4.79 Å². The Balaban J connectivity index is 1.91. The van der Waals surface area contributed by atoms with Crippen molar-refractivity contribution in [1.82, 2.24) is 10.5 Å². The van der Waals surface area contributed by atoms with Gasteiger partial charge in [0.05, 0.1) is 5.54 Å². The number of carbonyl (C=O) groups excluding carboxylic acids is 1. The number of halogens is 2. The standard InChI is InChI=1S/C18H16Cl2N2O2/c1-17(2,12-8-4-3-5-9-12)21-16(23)18(19,20)15-13-10-6-7-11-14(13)24-22-15/h3-11H,1-2H3,(H,21,23). The van der Waals surface area contributed by atoms with Crippen LogP contribution < -0.4 is 5.32 Å². The van der Waals surface area contributed by atoms with Crippen molar-refractivity contribution in [2.75, 3.05) is 0 Å². The minimum absolute atomic E-state index is 0.183. The number of aromatic nitrogens is 1. The van der Waals surface area contributed by atoms with Gasteiger partial charge in [0.2, 0.25) is 4.33 Å². The van der Waals surface area contributed by atoms with Crippen molar-refractivity contribution in [2.24, 2.45) is 0 Å². The van der Waals surface area contributed by atoms with Crippen LogP contribution in [0.1, 0.15) is 25.1 Å². The number of hydrogen-bond donors (Lipinski definition) is 1. The minimum Gasteiger partial charge on any atom is -0.356 e. The largest absolute Gasteiger partial charge is 0.356 e. The molecule has 0 saturated heterocycles. The number of para-hydroxylation sites is 1. The van der Waals surface area contributed by atoms with Crippen molar-refractivity contribution < 1.29 is 9.32 Å². The van der Waals surface area contributed by atoms with Gasteiger partial charge in [0, 0.05) is 5.39 Å². The molecule has 0 aliphatic carbocycles. The molecule has 4 nitrogen and oxygen atoms in total. The van der Waals surface area contributed by atoms with Crippen molar-refractivity contribution in [3.8, 4) is 0 Å². The van der Waals surface area contributed by atoms with Gasteiger partial charge < -0.3 is 9.84 Å². The molecule has 0 unspecified atom stereocenters. The van der Waals surface area contributed by atoms with Gasteiger partial charge in [-0.05, 0) is 31.5 Å². The summed E-state index contributed by atoms with van der Waals surface area (Å²) in [4.78, 5) is 12.7. The molecule has 0 spiro atoms. The number of alkyl halides is 2. The van der Waals surface area contributed by atoms with Gasteiger partial charge in [-0.2, -0.15) is 0 Å². The molecule has 24 heavy (non-hydrogen) atoms. The quantitative estimate of drug-likeness (QED) is 0.694. The average molecular weight is 363 g/mol. The second-order valence-corrected chi connectivity index (χ2v) is 7.37. The lowest BCUT2D eigenvalue weighted by molar-refractivity contribution is -0.123. The Hall–Kier alpha value is -2.04. The van der Waals surface area contributed by atoms with Gasteiger partial charge >= 0.3 is 0 Å². The number of nitrogens with one attached hydrogen (secondary N) is 1. The molecule has 1 aromatic heterocycles. The van der Waals surface area contributed by atoms with E-state index >= 15 is 0 Å². The van der Waals surface area contributed by atoms with E-state index in [4.69, 9.17) is 27.7 Å². The van der Waals surface area contributed by atoms with Gasteiger partial charge in [-0.1, -0.05) is 70.8 Å². The third kappa shape index (κ3) is 2.99. The summed E-state index contributed by atoms with van der Waals surface area (Å²) in [6, 6.07) is 16.7. The molecule has 2 aromatic carbocycles. The molecule has 124 valence electrons. The summed E-state index contributed by atoms with van der Waals surface area (Å²) in [5, 5.41) is 7.38. The van der Waals surface area contributed by atoms with Crippen LogP contribution in [0.25, 0.3) is 11.0 Å². The van der Waals surface area contributed by atoms with Crippen LogP contribution in [0, 0.1) is 0 Å². The summed E-state index contributed by atoms with van der Waals surface area (Å²) in [6.45, 7) is 3.76. The van der Waals surface area contributed by atoms with Gasteiger partial charge in [0.15, 0.2) is 5.58 Å². The Morgan fingerprint density at radius 1 is 1.04 bits per heavy atom. The smallest absolute Gasteiger partial charge is 0.263 e. The predicted octanol–water partition coefficient (Wildman–Crippen LogP) is 4.51. The summed E-state index contributed by atoms with van der Waals surface area (Å²) in [7, 11) is 0. The molecule has 0 radical (unpaired) electrons. The van der Waals surface area contributed by atoms with Crippen LogP contribution in [0.15, 0.2) is 59.1 Å². The second-order valence-electron chi connectivity index (χ2n) is 6.05. The van der Waals surface area contributed by atoms with Gasteiger partial charge in [0.1, 0.15) is 5.69 Å². The number of rotatable bonds is 4. The summed E-state index contributed by atoms with van der Waals surface area (Å²) in [5.74, 6) is -0.557. The monoisotopic (exact) mass is 362 g/mol. The molecule has 1 heterocycles. The van der Waals surface area contributed by atoms with Crippen molar-refractivity contribution in [2.45, 2.75) is 23.7 Å². The molecule has 3 aromatic rings. The molecular weight excluding hydrogens is 347 g/mol. The average Bonchev–Trinajstić information content (AvgIpc) is 3.00. The number of nitrogens with zero attached hydrogens (tertiary/aromatic N) is 1. The first-order valence-corrected chi connectivity index (χ1v) is 8.19. The SMILES string of the molecule is CC(C)(NC(=O)C(Cl)(Cl)c1noc2ccccc12)c1ccccc1. The van der Waals surface area contributed by atoms with Gasteiger partial charge in [-0.15, -0.1) is 0 Å². The molecular formula is C18H16Cl2N2O2. The Morgan fingerprint density at radius 3 is 2.38 bits per heavy atom. The molecule has 0 atom stereocenters. The number of hydrogen-bond acceptors (Lipinski definition) is 3. The molecule has 0 fully saturated rings. The topological polar surface area (TPSA) is 55.1 Å². The van der Waals surface area contributed by atoms with Crippen LogP contribution in [0.5, 0.6) is 0 Å². The summed E-state index contributed by atoms with van der Waals surface area (Å²) < 4.78 is 3.34. The van der Waals surface area contributed by atoms with Crippen LogP contribution >= 0.6 is 23.2 Å². The fourth-order valence-electron chi connectivity index (χ4n) is 2.51. The van der Waals surface area contributed by atoms with Crippen molar-refractivity contribution in [3.05, 3.63) is 65.9 Å². The van der Waals surface area contributed by atoms with Crippen molar-refractivity contribution in [3.63, 3.8) is 0 Å². The zero-order chi connectivity index (χ0) is 17.4. The van der Waals surface area contributed by atoms with Crippen LogP contribution in [-0.4, -0.2) is 11.1 Å². The first-order valence-electron chi connectivity index (χ1n) is 7.43. The summed E-state index contributed by atoms with van der Waals surface area (Å²) in [5.41, 5.74) is 0.996. The van der Waals surface area contributed by atoms with E-state index in [0.29, 0.717) is 11.0 Å². The van der Waals surface area contributed by atoms with Gasteiger partial charge in [0.25, 0.3) is 5.91 Å². The van der Waals surface area contributed by atoms with Crippen molar-refractivity contribution >= 4 is 40.1 Å². The third-order valence-electron chi connectivity index (χ3n) is 3.88. The van der Waals surface area contributed by atoms with E-state index in [2.05, 4.69) is 10.5 Å². The molecule has 0 saturated carbocycles. The zero-order valence-corrected chi connectivity index (χ0v) is 14.7. The number of fused-ring (bicyclic) bond motifs is 1. The Labute approximate surface area is 149 Å². The number of amides is 1. The lowest BCUT2D eigenvalue weighted by Crippen LogP contribution is -2.47. The first-order chi connectivity index (χ1) is 11.3. The van der Waals surface area contributed by atoms with E-state index < -0.39 is 15.8 Å². The summed E-state index contributed by atoms with van der Waals surface area (Å²) >= 11 is 12.7. The molecule has 0 bridgehead atoms. The highest BCUT2D eigenvalue weighted by Crippen LogP contribution is 2.38. The van der Waals surface area contributed by atoms with Crippen LogP contribution in [0.3, 0.4) is 0 Å². The number of benzene rings is 2. The van der Waals surface area contributed by atoms with Crippen LogP contribution in [0.4, 0.5) is 0 Å². The highest BCUT2D eigenvalue weighted by Gasteiger charge is 2.42. The van der Waals surface area contributed by atoms with E-state index in [0.717, 1.165) is 5.56 Å². The van der Waals surface area contributed by atoms with Crippen LogP contribution in [-0.2, 0) is 14.7 Å². The zero-order valence-electron chi connectivity index (χ0n) is 13.2. The Bertz CT molecular complexity index is 873. The van der Waals surface area contributed by atoms with Crippen molar-refractivity contribution in [1.29, 1.82) is 0 Å². The number of carbonyl (C=O) groups is 1. The normalized spacial score (nSPS) is 12.3. The van der Waals surface area contributed by atoms with Gasteiger partial charge in [-0.3, -0.25) is 4.79 Å². The van der Waals surface area contributed by atoms with E-state index in [1.54, 1.807) is 24.3 Å². The second kappa shape index (κ2) is 6.11.